The highest BCUT2D eigenvalue weighted by molar-refractivity contribution is 6.08. The standard InChI is InChI=1S/C37H33FN4O5/c1-24(27(12-9-18-39)37(43)42-30-13-7-8-14-34(30)44-2)41-26-15-16-33(29(38)20-26)47-32-17-19-40-31-22-36(35(45-3)21-28(31)32)46-23-25-10-5-4-6-11-25/h4-22,41H,1,23,39H2,2-3H3,(H,42,43)/b18-9-,27-12+. The lowest BCUT2D eigenvalue weighted by Gasteiger charge is -2.16. The van der Waals surface area contributed by atoms with E-state index in [1.54, 1.807) is 61.8 Å². The Kier molecular flexibility index (Phi) is 10.3. The molecule has 0 saturated heterocycles. The Morgan fingerprint density at radius 3 is 2.38 bits per heavy atom. The van der Waals surface area contributed by atoms with E-state index in [1.165, 1.54) is 37.6 Å². The number of carbonyl (C=O) groups excluding carboxylic acids is 1. The summed E-state index contributed by atoms with van der Waals surface area (Å²) in [5.41, 5.74) is 8.30. The number of pyridine rings is 1. The van der Waals surface area contributed by atoms with E-state index in [0.29, 0.717) is 51.9 Å². The SMILES string of the molecule is C=C(Nc1ccc(Oc2ccnc3cc(OCc4ccccc4)c(OC)cc23)c(F)c1)/C(=C\C=C/N)C(=O)Nc1ccccc1OC. The Labute approximate surface area is 271 Å². The molecule has 0 aliphatic carbocycles. The van der Waals surface area contributed by atoms with E-state index in [0.717, 1.165) is 5.56 Å². The predicted octanol–water partition coefficient (Wildman–Crippen LogP) is 7.73. The summed E-state index contributed by atoms with van der Waals surface area (Å²) in [6, 6.07) is 26.2. The Bertz CT molecular complexity index is 1960. The number of para-hydroxylation sites is 2. The zero-order chi connectivity index (χ0) is 33.2. The minimum atomic E-state index is -0.645. The maximum absolute atomic E-state index is 15.4. The van der Waals surface area contributed by atoms with Gasteiger partial charge in [0.25, 0.3) is 5.91 Å². The number of methoxy groups -OCH3 is 2. The van der Waals surface area contributed by atoms with Crippen molar-refractivity contribution in [2.45, 2.75) is 6.61 Å². The first-order chi connectivity index (χ1) is 22.9. The molecular weight excluding hydrogens is 599 g/mol. The van der Waals surface area contributed by atoms with Crippen LogP contribution in [0.15, 0.2) is 133 Å². The van der Waals surface area contributed by atoms with Gasteiger partial charge in [-0.05, 0) is 60.3 Å². The molecule has 0 aliphatic rings. The van der Waals surface area contributed by atoms with E-state index in [4.69, 9.17) is 24.7 Å². The molecular formula is C37H33FN4O5. The number of nitrogens with one attached hydrogen (secondary N) is 2. The third-order valence-corrected chi connectivity index (χ3v) is 6.97. The van der Waals surface area contributed by atoms with Crippen LogP contribution in [0.2, 0.25) is 0 Å². The minimum absolute atomic E-state index is 0.0206. The van der Waals surface area contributed by atoms with Crippen LogP contribution in [-0.4, -0.2) is 25.1 Å². The predicted molar refractivity (Wildman–Crippen MR) is 181 cm³/mol. The molecule has 4 N–H and O–H groups in total. The van der Waals surface area contributed by atoms with Gasteiger partial charge < -0.3 is 35.3 Å². The van der Waals surface area contributed by atoms with Crippen LogP contribution in [0, 0.1) is 5.82 Å². The summed E-state index contributed by atoms with van der Waals surface area (Å²) in [6.07, 6.45) is 5.85. The first kappa shape index (κ1) is 32.1. The van der Waals surface area contributed by atoms with E-state index in [1.807, 2.05) is 30.3 Å². The normalized spacial score (nSPS) is 11.3. The van der Waals surface area contributed by atoms with Crippen LogP contribution in [0.5, 0.6) is 28.7 Å². The lowest BCUT2D eigenvalue weighted by atomic mass is 10.1. The van der Waals surface area contributed by atoms with Crippen LogP contribution in [0.4, 0.5) is 15.8 Å². The van der Waals surface area contributed by atoms with Gasteiger partial charge in [0.2, 0.25) is 0 Å². The van der Waals surface area contributed by atoms with Crippen molar-refractivity contribution >= 4 is 28.2 Å². The molecule has 0 bridgehead atoms. The fourth-order valence-electron chi connectivity index (χ4n) is 4.65. The number of carbonyl (C=O) groups is 1. The highest BCUT2D eigenvalue weighted by atomic mass is 19.1. The van der Waals surface area contributed by atoms with Gasteiger partial charge >= 0.3 is 0 Å². The van der Waals surface area contributed by atoms with Crippen molar-refractivity contribution < 1.29 is 28.1 Å². The Hall–Kier alpha value is -6.29. The van der Waals surface area contributed by atoms with Gasteiger partial charge in [-0.1, -0.05) is 49.0 Å². The highest BCUT2D eigenvalue weighted by Crippen LogP contribution is 2.38. The molecule has 47 heavy (non-hydrogen) atoms. The largest absolute Gasteiger partial charge is 0.495 e. The first-order valence-electron chi connectivity index (χ1n) is 14.5. The van der Waals surface area contributed by atoms with Gasteiger partial charge in [-0.15, -0.1) is 0 Å². The zero-order valence-corrected chi connectivity index (χ0v) is 25.8. The van der Waals surface area contributed by atoms with Crippen molar-refractivity contribution in [3.63, 3.8) is 0 Å². The third-order valence-electron chi connectivity index (χ3n) is 6.97. The van der Waals surface area contributed by atoms with Crippen LogP contribution in [0.1, 0.15) is 5.56 Å². The van der Waals surface area contributed by atoms with Gasteiger partial charge in [0, 0.05) is 35.1 Å². The van der Waals surface area contributed by atoms with Crippen molar-refractivity contribution in [2.75, 3.05) is 24.9 Å². The van der Waals surface area contributed by atoms with Crippen molar-refractivity contribution in [2.24, 2.45) is 5.73 Å². The van der Waals surface area contributed by atoms with Crippen LogP contribution >= 0.6 is 0 Å². The van der Waals surface area contributed by atoms with Crippen molar-refractivity contribution in [1.29, 1.82) is 0 Å². The van der Waals surface area contributed by atoms with Crippen LogP contribution < -0.4 is 35.3 Å². The minimum Gasteiger partial charge on any atom is -0.495 e. The molecule has 0 fully saturated rings. The molecule has 1 aromatic heterocycles. The average Bonchev–Trinajstić information content (AvgIpc) is 3.09. The average molecular weight is 633 g/mol. The number of aromatic nitrogens is 1. The topological polar surface area (TPSA) is 117 Å². The van der Waals surface area contributed by atoms with Crippen molar-refractivity contribution in [1.82, 2.24) is 4.98 Å². The number of rotatable bonds is 13. The first-order valence-corrected chi connectivity index (χ1v) is 14.5. The number of allylic oxidation sites excluding steroid dienone is 2. The Morgan fingerprint density at radius 2 is 1.64 bits per heavy atom. The zero-order valence-electron chi connectivity index (χ0n) is 25.8. The summed E-state index contributed by atoms with van der Waals surface area (Å²) in [6.45, 7) is 4.34. The molecule has 0 radical (unpaired) electrons. The lowest BCUT2D eigenvalue weighted by molar-refractivity contribution is -0.112. The number of ether oxygens (including phenoxy) is 4. The number of hydrogen-bond acceptors (Lipinski definition) is 8. The number of anilines is 2. The van der Waals surface area contributed by atoms with Crippen LogP contribution in [0.3, 0.4) is 0 Å². The Morgan fingerprint density at radius 1 is 0.872 bits per heavy atom. The number of halogens is 1. The molecule has 0 spiro atoms. The molecule has 10 heteroatoms. The van der Waals surface area contributed by atoms with Gasteiger partial charge in [0.05, 0.1) is 31.0 Å². The number of hydrogen-bond donors (Lipinski definition) is 3. The molecule has 5 aromatic rings. The number of nitrogens with two attached hydrogens (primary N) is 1. The molecule has 238 valence electrons. The van der Waals surface area contributed by atoms with Crippen LogP contribution in [-0.2, 0) is 11.4 Å². The second kappa shape index (κ2) is 15.1. The molecule has 5 rings (SSSR count). The lowest BCUT2D eigenvalue weighted by Crippen LogP contribution is -2.19. The third kappa shape index (κ3) is 7.87. The summed E-state index contributed by atoms with van der Waals surface area (Å²) in [5, 5.41) is 6.40. The second-order valence-corrected chi connectivity index (χ2v) is 10.1. The van der Waals surface area contributed by atoms with E-state index in [2.05, 4.69) is 22.2 Å². The van der Waals surface area contributed by atoms with Gasteiger partial charge in [-0.2, -0.15) is 0 Å². The summed E-state index contributed by atoms with van der Waals surface area (Å²) in [5.74, 6) is 0.720. The summed E-state index contributed by atoms with van der Waals surface area (Å²) < 4.78 is 38.3. The van der Waals surface area contributed by atoms with Crippen molar-refractivity contribution in [3.8, 4) is 28.7 Å². The maximum Gasteiger partial charge on any atom is 0.257 e. The van der Waals surface area contributed by atoms with Gasteiger partial charge in [0.1, 0.15) is 18.1 Å². The number of benzene rings is 4. The van der Waals surface area contributed by atoms with Crippen LogP contribution in [0.25, 0.3) is 10.9 Å². The quantitative estimate of drug-likeness (QED) is 0.0892. The molecule has 1 heterocycles. The van der Waals surface area contributed by atoms with E-state index < -0.39 is 11.7 Å². The van der Waals surface area contributed by atoms with Gasteiger partial charge in [-0.3, -0.25) is 9.78 Å². The molecule has 0 saturated carbocycles. The highest BCUT2D eigenvalue weighted by Gasteiger charge is 2.17. The van der Waals surface area contributed by atoms with Gasteiger partial charge in [-0.25, -0.2) is 4.39 Å². The molecule has 0 aliphatic heterocycles. The summed E-state index contributed by atoms with van der Waals surface area (Å²) in [4.78, 5) is 17.6. The molecule has 9 nitrogen and oxygen atoms in total. The number of nitrogens with zero attached hydrogens (tertiary/aromatic N) is 1. The van der Waals surface area contributed by atoms with Gasteiger partial charge in [0.15, 0.2) is 23.1 Å². The second-order valence-electron chi connectivity index (χ2n) is 10.1. The summed E-state index contributed by atoms with van der Waals surface area (Å²) in [7, 11) is 3.05. The maximum atomic E-state index is 15.4. The Balaban J connectivity index is 1.32. The monoisotopic (exact) mass is 632 g/mol. The molecule has 0 atom stereocenters. The number of amides is 1. The molecule has 1 amide bonds. The number of fused-ring (bicyclic) bond motifs is 1. The van der Waals surface area contributed by atoms with Crippen molar-refractivity contribution in [3.05, 3.63) is 145 Å². The smallest absolute Gasteiger partial charge is 0.257 e. The fraction of sp³-hybridized carbons (Fsp3) is 0.0811. The van der Waals surface area contributed by atoms with E-state index >= 15 is 4.39 Å². The van der Waals surface area contributed by atoms with E-state index in [-0.39, 0.29) is 17.0 Å². The fourth-order valence-corrected chi connectivity index (χ4v) is 4.65. The molecule has 4 aromatic carbocycles. The van der Waals surface area contributed by atoms with E-state index in [9.17, 15) is 4.79 Å². The molecule has 0 unspecified atom stereocenters. The summed E-state index contributed by atoms with van der Waals surface area (Å²) >= 11 is 0.